The largest absolute Gasteiger partial charge is 0.491 e. The second-order valence-corrected chi connectivity index (χ2v) is 8.97. The van der Waals surface area contributed by atoms with Crippen molar-refractivity contribution in [2.45, 2.75) is 52.2 Å². The fourth-order valence-electron chi connectivity index (χ4n) is 3.71. The first-order valence-corrected chi connectivity index (χ1v) is 10.5. The van der Waals surface area contributed by atoms with Gasteiger partial charge in [-0.15, -0.1) is 0 Å². The fourth-order valence-corrected chi connectivity index (χ4v) is 3.71. The normalized spacial score (nSPS) is 13.2. The Morgan fingerprint density at radius 3 is 2.55 bits per heavy atom. The first kappa shape index (κ1) is 21.4. The van der Waals surface area contributed by atoms with Gasteiger partial charge in [0.1, 0.15) is 18.5 Å². The first-order valence-electron chi connectivity index (χ1n) is 10.5. The Hall–Kier alpha value is -2.30. The molecule has 1 unspecified atom stereocenters. The quantitative estimate of drug-likeness (QED) is 0.466. The third kappa shape index (κ3) is 6.09. The predicted molar refractivity (Wildman–Crippen MR) is 121 cm³/mol. The molecule has 0 radical (unpaired) electrons. The van der Waals surface area contributed by atoms with Crippen LogP contribution in [-0.2, 0) is 12.8 Å². The third-order valence-corrected chi connectivity index (χ3v) is 5.16. The highest BCUT2D eigenvalue weighted by Crippen LogP contribution is 2.23. The molecule has 1 atom stereocenters. The van der Waals surface area contributed by atoms with Gasteiger partial charge in [0, 0.05) is 29.2 Å². The molecule has 0 aliphatic heterocycles. The maximum atomic E-state index is 10.5. The van der Waals surface area contributed by atoms with E-state index in [1.165, 1.54) is 16.5 Å². The molecule has 1 aromatic heterocycles. The van der Waals surface area contributed by atoms with E-state index in [-0.39, 0.29) is 12.1 Å². The lowest BCUT2D eigenvalue weighted by Gasteiger charge is -2.28. The summed E-state index contributed by atoms with van der Waals surface area (Å²) in [5.41, 5.74) is 3.50. The summed E-state index contributed by atoms with van der Waals surface area (Å²) >= 11 is 0. The van der Waals surface area contributed by atoms with E-state index in [2.05, 4.69) is 68.5 Å². The number of aromatic nitrogens is 1. The van der Waals surface area contributed by atoms with Gasteiger partial charge in [-0.2, -0.15) is 0 Å². The Bertz CT molecular complexity index is 914. The molecule has 0 saturated heterocycles. The summed E-state index contributed by atoms with van der Waals surface area (Å²) in [4.78, 5) is 3.34. The lowest BCUT2D eigenvalue weighted by molar-refractivity contribution is 0.0983. The minimum atomic E-state index is -0.565. The van der Waals surface area contributed by atoms with Crippen molar-refractivity contribution in [3.8, 4) is 5.75 Å². The average Bonchev–Trinajstić information content (AvgIpc) is 3.08. The summed E-state index contributed by atoms with van der Waals surface area (Å²) in [6.45, 7) is 9.50. The number of benzene rings is 2. The third-order valence-electron chi connectivity index (χ3n) is 5.16. The van der Waals surface area contributed by atoms with E-state index in [1.54, 1.807) is 0 Å². The molecule has 0 fully saturated rings. The Morgan fingerprint density at radius 1 is 1.03 bits per heavy atom. The van der Waals surface area contributed by atoms with E-state index in [9.17, 15) is 5.11 Å². The zero-order chi connectivity index (χ0) is 20.9. The molecule has 0 saturated carbocycles. The highest BCUT2D eigenvalue weighted by Gasteiger charge is 2.21. The van der Waals surface area contributed by atoms with Crippen LogP contribution in [0.2, 0.25) is 0 Å². The van der Waals surface area contributed by atoms with Crippen molar-refractivity contribution in [2.24, 2.45) is 5.92 Å². The van der Waals surface area contributed by atoms with Gasteiger partial charge >= 0.3 is 0 Å². The zero-order valence-corrected chi connectivity index (χ0v) is 18.0. The maximum Gasteiger partial charge on any atom is 0.122 e. The predicted octanol–water partition coefficient (Wildman–Crippen LogP) is 4.72. The van der Waals surface area contributed by atoms with Gasteiger partial charge in [-0.25, -0.2) is 0 Å². The van der Waals surface area contributed by atoms with Crippen LogP contribution in [0.1, 0.15) is 38.8 Å². The van der Waals surface area contributed by atoms with Crippen LogP contribution in [-0.4, -0.2) is 34.9 Å². The average molecular weight is 395 g/mol. The second kappa shape index (κ2) is 9.47. The molecule has 3 N–H and O–H groups in total. The number of aliphatic hydroxyl groups excluding tert-OH is 1. The van der Waals surface area contributed by atoms with Gasteiger partial charge in [0.15, 0.2) is 0 Å². The zero-order valence-electron chi connectivity index (χ0n) is 18.0. The Labute approximate surface area is 174 Å². The molecule has 29 heavy (non-hydrogen) atoms. The van der Waals surface area contributed by atoms with Crippen LogP contribution in [0.15, 0.2) is 54.7 Å². The number of hydrogen-bond acceptors (Lipinski definition) is 3. The van der Waals surface area contributed by atoms with E-state index in [0.29, 0.717) is 12.5 Å². The van der Waals surface area contributed by atoms with Crippen molar-refractivity contribution in [2.75, 3.05) is 13.2 Å². The summed E-state index contributed by atoms with van der Waals surface area (Å²) < 4.78 is 5.93. The van der Waals surface area contributed by atoms with Crippen LogP contribution in [0.25, 0.3) is 10.9 Å². The number of nitrogens with one attached hydrogen (secondary N) is 2. The van der Waals surface area contributed by atoms with Crippen LogP contribution in [0.5, 0.6) is 5.75 Å². The minimum Gasteiger partial charge on any atom is -0.491 e. The molecular weight excluding hydrogens is 360 g/mol. The van der Waals surface area contributed by atoms with Crippen molar-refractivity contribution in [3.63, 3.8) is 0 Å². The van der Waals surface area contributed by atoms with Crippen molar-refractivity contribution in [1.29, 1.82) is 0 Å². The monoisotopic (exact) mass is 394 g/mol. The number of para-hydroxylation sites is 2. The molecular formula is C25H34N2O2. The van der Waals surface area contributed by atoms with E-state index in [0.717, 1.165) is 24.1 Å². The number of rotatable bonds is 10. The lowest BCUT2D eigenvalue weighted by atomic mass is 9.94. The number of β-amino-alcohol motifs (C(OH)–C–C–N with tert-alkyl or cyclic N) is 1. The topological polar surface area (TPSA) is 57.3 Å². The van der Waals surface area contributed by atoms with Crippen molar-refractivity contribution in [1.82, 2.24) is 10.3 Å². The van der Waals surface area contributed by atoms with Crippen molar-refractivity contribution >= 4 is 10.9 Å². The summed E-state index contributed by atoms with van der Waals surface area (Å²) in [7, 11) is 0. The minimum absolute atomic E-state index is 0.137. The molecule has 3 aromatic rings. The number of aliphatic hydroxyl groups is 1. The van der Waals surface area contributed by atoms with Crippen LogP contribution >= 0.6 is 0 Å². The van der Waals surface area contributed by atoms with Crippen molar-refractivity contribution < 1.29 is 9.84 Å². The SMILES string of the molecule is CC(C)Cc1ccccc1OCC(O)CNC(C)(C)Cc1c[nH]c2ccccc12. The summed E-state index contributed by atoms with van der Waals surface area (Å²) in [6.07, 6.45) is 3.37. The maximum absolute atomic E-state index is 10.5. The number of aromatic amines is 1. The number of ether oxygens (including phenoxy) is 1. The van der Waals surface area contributed by atoms with Gasteiger partial charge in [-0.3, -0.25) is 0 Å². The molecule has 3 rings (SSSR count). The van der Waals surface area contributed by atoms with Crippen LogP contribution in [0.3, 0.4) is 0 Å². The van der Waals surface area contributed by atoms with E-state index in [4.69, 9.17) is 4.74 Å². The lowest BCUT2D eigenvalue weighted by Crippen LogP contribution is -2.46. The van der Waals surface area contributed by atoms with Gasteiger partial charge in [0.25, 0.3) is 0 Å². The Morgan fingerprint density at radius 2 is 1.76 bits per heavy atom. The Balaban J connectivity index is 1.51. The highest BCUT2D eigenvalue weighted by molar-refractivity contribution is 5.83. The van der Waals surface area contributed by atoms with Crippen molar-refractivity contribution in [3.05, 3.63) is 65.9 Å². The van der Waals surface area contributed by atoms with Crippen LogP contribution in [0, 0.1) is 5.92 Å². The molecule has 0 spiro atoms. The molecule has 1 heterocycles. The smallest absolute Gasteiger partial charge is 0.122 e. The van der Waals surface area contributed by atoms with E-state index >= 15 is 0 Å². The number of fused-ring (bicyclic) bond motifs is 1. The van der Waals surface area contributed by atoms with Crippen LogP contribution < -0.4 is 10.1 Å². The Kier molecular flexibility index (Phi) is 6.99. The molecule has 0 aliphatic carbocycles. The summed E-state index contributed by atoms with van der Waals surface area (Å²) in [5.74, 6) is 1.44. The van der Waals surface area contributed by atoms with Crippen LogP contribution in [0.4, 0.5) is 0 Å². The molecule has 0 bridgehead atoms. The molecule has 156 valence electrons. The second-order valence-electron chi connectivity index (χ2n) is 8.97. The molecule has 0 aliphatic rings. The fraction of sp³-hybridized carbons (Fsp3) is 0.440. The van der Waals surface area contributed by atoms with E-state index < -0.39 is 6.10 Å². The standard InChI is InChI=1S/C25H34N2O2/c1-18(2)13-19-9-5-8-12-24(19)29-17-21(28)16-27-25(3,4)14-20-15-26-23-11-7-6-10-22(20)23/h5-12,15,18,21,26-28H,13-14,16-17H2,1-4H3. The number of H-pyrrole nitrogens is 1. The van der Waals surface area contributed by atoms with Gasteiger partial charge in [-0.1, -0.05) is 50.2 Å². The molecule has 2 aromatic carbocycles. The van der Waals surface area contributed by atoms with Gasteiger partial charge in [-0.05, 0) is 55.9 Å². The highest BCUT2D eigenvalue weighted by atomic mass is 16.5. The van der Waals surface area contributed by atoms with Gasteiger partial charge in [0.05, 0.1) is 0 Å². The summed E-state index contributed by atoms with van der Waals surface area (Å²) in [6, 6.07) is 16.5. The van der Waals surface area contributed by atoms with Gasteiger partial charge < -0.3 is 20.1 Å². The molecule has 4 nitrogen and oxygen atoms in total. The number of hydrogen-bond donors (Lipinski definition) is 3. The summed E-state index contributed by atoms with van der Waals surface area (Å²) in [5, 5.41) is 15.2. The van der Waals surface area contributed by atoms with E-state index in [1.807, 2.05) is 24.3 Å². The first-order chi connectivity index (χ1) is 13.8. The molecule has 0 amide bonds. The molecule has 4 heteroatoms. The van der Waals surface area contributed by atoms with Gasteiger partial charge in [0.2, 0.25) is 0 Å².